The lowest BCUT2D eigenvalue weighted by Gasteiger charge is -2.08. The van der Waals surface area contributed by atoms with Crippen LogP contribution in [0.1, 0.15) is 52.1 Å². The largest absolute Gasteiger partial charge is 0.484 e. The lowest BCUT2D eigenvalue weighted by Crippen LogP contribution is -1.99. The third kappa shape index (κ3) is 1.37. The molecule has 0 aliphatic carbocycles. The number of fused-ring (bicyclic) bond motifs is 3. The summed E-state index contributed by atoms with van der Waals surface area (Å²) in [6.07, 6.45) is 1.55. The molecule has 2 aliphatic rings. The molecule has 1 aromatic carbocycles. The number of ether oxygens (including phenoxy) is 2. The fraction of sp³-hybridized carbons (Fsp3) is 0.385. The molecule has 0 N–H and O–H groups in total. The lowest BCUT2D eigenvalue weighted by molar-refractivity contribution is 0.0365. The Bertz CT molecular complexity index is 518. The molecule has 0 spiro atoms. The minimum atomic E-state index is -0.370. The van der Waals surface area contributed by atoms with Gasteiger partial charge in [0, 0.05) is 5.56 Å². The zero-order valence-corrected chi connectivity index (χ0v) is 9.49. The van der Waals surface area contributed by atoms with E-state index in [1.807, 2.05) is 13.0 Å². The van der Waals surface area contributed by atoms with Crippen LogP contribution in [0.15, 0.2) is 12.1 Å². The molecule has 88 valence electrons. The third-order valence-corrected chi connectivity index (χ3v) is 3.19. The van der Waals surface area contributed by atoms with Crippen LogP contribution in [0.2, 0.25) is 0 Å². The molecule has 2 aliphatic heterocycles. The Labute approximate surface area is 98.5 Å². The molecular weight excluding hydrogens is 220 g/mol. The highest BCUT2D eigenvalue weighted by Crippen LogP contribution is 2.42. The van der Waals surface area contributed by atoms with E-state index in [9.17, 15) is 9.59 Å². The number of ketones is 1. The van der Waals surface area contributed by atoms with Crippen LogP contribution in [-0.2, 0) is 4.74 Å². The van der Waals surface area contributed by atoms with Crippen molar-refractivity contribution in [3.8, 4) is 5.75 Å². The molecule has 0 fully saturated rings. The van der Waals surface area contributed by atoms with Gasteiger partial charge in [0.15, 0.2) is 6.61 Å². The van der Waals surface area contributed by atoms with Crippen molar-refractivity contribution < 1.29 is 19.1 Å². The predicted molar refractivity (Wildman–Crippen MR) is 59.3 cm³/mol. The van der Waals surface area contributed by atoms with Crippen molar-refractivity contribution in [1.29, 1.82) is 0 Å². The number of carbonyl (C=O) groups excluding carboxylic acids is 2. The molecule has 1 atom stereocenters. The monoisotopic (exact) mass is 232 g/mol. The van der Waals surface area contributed by atoms with Crippen LogP contribution in [0.5, 0.6) is 5.75 Å². The van der Waals surface area contributed by atoms with Crippen LogP contribution in [0, 0.1) is 0 Å². The van der Waals surface area contributed by atoms with Gasteiger partial charge in [0.2, 0.25) is 5.78 Å². The van der Waals surface area contributed by atoms with Crippen molar-refractivity contribution in [3.63, 3.8) is 0 Å². The van der Waals surface area contributed by atoms with E-state index < -0.39 is 0 Å². The Balaban J connectivity index is 2.13. The van der Waals surface area contributed by atoms with Gasteiger partial charge in [-0.15, -0.1) is 0 Å². The van der Waals surface area contributed by atoms with E-state index in [0.29, 0.717) is 16.9 Å². The summed E-state index contributed by atoms with van der Waals surface area (Å²) in [6.45, 7) is 2.07. The highest BCUT2D eigenvalue weighted by molar-refractivity contribution is 6.08. The molecule has 1 aromatic rings. The average Bonchev–Trinajstić information content (AvgIpc) is 2.83. The molecule has 0 bridgehead atoms. The van der Waals surface area contributed by atoms with E-state index in [1.54, 1.807) is 6.07 Å². The first-order valence-corrected chi connectivity index (χ1v) is 5.76. The predicted octanol–water partition coefficient (Wildman–Crippen LogP) is 2.27. The summed E-state index contributed by atoms with van der Waals surface area (Å²) in [4.78, 5) is 23.3. The average molecular weight is 232 g/mol. The molecule has 17 heavy (non-hydrogen) atoms. The Morgan fingerprint density at radius 1 is 1.35 bits per heavy atom. The number of Topliss-reactive ketones (excluding diaryl/α,β-unsaturated/α-hetero) is 1. The lowest BCUT2D eigenvalue weighted by atomic mass is 9.98. The second-order valence-electron chi connectivity index (χ2n) is 4.30. The first kappa shape index (κ1) is 10.3. The molecule has 4 nitrogen and oxygen atoms in total. The number of esters is 1. The van der Waals surface area contributed by atoms with Gasteiger partial charge in [0.25, 0.3) is 0 Å². The van der Waals surface area contributed by atoms with E-state index in [2.05, 4.69) is 0 Å². The maximum atomic E-state index is 11.8. The Hall–Kier alpha value is -1.84. The molecule has 0 saturated carbocycles. The van der Waals surface area contributed by atoms with Gasteiger partial charge in [-0.1, -0.05) is 19.4 Å². The summed E-state index contributed by atoms with van der Waals surface area (Å²) in [5.74, 6) is -0.0318. The molecule has 0 saturated heterocycles. The number of hydrogen-bond donors (Lipinski definition) is 0. The Morgan fingerprint density at radius 2 is 2.18 bits per heavy atom. The first-order valence-electron chi connectivity index (χ1n) is 5.76. The Kier molecular flexibility index (Phi) is 2.18. The standard InChI is InChI=1S/C13H12O4/c1-2-3-10-8-5-4-7-9(14)6-16-12(7)11(8)13(15)17-10/h4-5,10H,2-3,6H2,1H3/t10-/m1/s1. The van der Waals surface area contributed by atoms with Gasteiger partial charge in [-0.2, -0.15) is 0 Å². The highest BCUT2D eigenvalue weighted by Gasteiger charge is 2.37. The van der Waals surface area contributed by atoms with E-state index in [4.69, 9.17) is 9.47 Å². The maximum Gasteiger partial charge on any atom is 0.342 e. The normalized spacial score (nSPS) is 20.9. The number of benzene rings is 1. The van der Waals surface area contributed by atoms with Gasteiger partial charge >= 0.3 is 5.97 Å². The van der Waals surface area contributed by atoms with Gasteiger partial charge in [0.1, 0.15) is 17.4 Å². The van der Waals surface area contributed by atoms with Crippen LogP contribution < -0.4 is 4.74 Å². The minimum Gasteiger partial charge on any atom is -0.484 e. The van der Waals surface area contributed by atoms with Gasteiger partial charge in [-0.3, -0.25) is 4.79 Å². The molecule has 4 heteroatoms. The number of cyclic esters (lactones) is 1. The zero-order valence-electron chi connectivity index (χ0n) is 9.49. The number of rotatable bonds is 2. The van der Waals surface area contributed by atoms with Crippen molar-refractivity contribution in [3.05, 3.63) is 28.8 Å². The Morgan fingerprint density at radius 3 is 2.94 bits per heavy atom. The SMILES string of the molecule is CCC[C@H]1OC(=O)c2c1ccc1c2OCC1=O. The van der Waals surface area contributed by atoms with E-state index in [-0.39, 0.29) is 24.5 Å². The van der Waals surface area contributed by atoms with Crippen molar-refractivity contribution in [1.82, 2.24) is 0 Å². The van der Waals surface area contributed by atoms with E-state index in [0.717, 1.165) is 18.4 Å². The molecule has 0 aromatic heterocycles. The maximum absolute atomic E-state index is 11.8. The second-order valence-corrected chi connectivity index (χ2v) is 4.30. The topological polar surface area (TPSA) is 52.6 Å². The molecule has 0 radical (unpaired) electrons. The summed E-state index contributed by atoms with van der Waals surface area (Å²) in [7, 11) is 0. The van der Waals surface area contributed by atoms with Crippen LogP contribution in [-0.4, -0.2) is 18.4 Å². The van der Waals surface area contributed by atoms with Crippen molar-refractivity contribution >= 4 is 11.8 Å². The van der Waals surface area contributed by atoms with Crippen molar-refractivity contribution in [2.24, 2.45) is 0 Å². The summed E-state index contributed by atoms with van der Waals surface area (Å²) < 4.78 is 10.6. The van der Waals surface area contributed by atoms with Gasteiger partial charge in [-0.25, -0.2) is 4.79 Å². The molecular formula is C13H12O4. The van der Waals surface area contributed by atoms with E-state index >= 15 is 0 Å². The zero-order chi connectivity index (χ0) is 12.0. The third-order valence-electron chi connectivity index (χ3n) is 3.19. The summed E-state index contributed by atoms with van der Waals surface area (Å²) in [5, 5.41) is 0. The van der Waals surface area contributed by atoms with Crippen LogP contribution in [0.3, 0.4) is 0 Å². The van der Waals surface area contributed by atoms with Crippen LogP contribution in [0.25, 0.3) is 0 Å². The quantitative estimate of drug-likeness (QED) is 0.734. The number of carbonyl (C=O) groups is 2. The fourth-order valence-electron chi connectivity index (χ4n) is 2.39. The summed E-state index contributed by atoms with van der Waals surface area (Å²) in [5.41, 5.74) is 1.80. The second kappa shape index (κ2) is 3.58. The van der Waals surface area contributed by atoms with Crippen molar-refractivity contribution in [2.45, 2.75) is 25.9 Å². The van der Waals surface area contributed by atoms with Gasteiger partial charge < -0.3 is 9.47 Å². The fourth-order valence-corrected chi connectivity index (χ4v) is 2.39. The van der Waals surface area contributed by atoms with Crippen LogP contribution in [0.4, 0.5) is 0 Å². The molecule has 0 unspecified atom stereocenters. The minimum absolute atomic E-state index is 0.0253. The molecule has 3 rings (SSSR count). The van der Waals surface area contributed by atoms with Crippen molar-refractivity contribution in [2.75, 3.05) is 6.61 Å². The molecule has 2 heterocycles. The number of hydrogen-bond acceptors (Lipinski definition) is 4. The molecule has 0 amide bonds. The van der Waals surface area contributed by atoms with Gasteiger partial charge in [0.05, 0.1) is 5.56 Å². The summed E-state index contributed by atoms with van der Waals surface area (Å²) >= 11 is 0. The van der Waals surface area contributed by atoms with Crippen LogP contribution >= 0.6 is 0 Å². The first-order chi connectivity index (χ1) is 8.22. The highest BCUT2D eigenvalue weighted by atomic mass is 16.6. The summed E-state index contributed by atoms with van der Waals surface area (Å²) in [6, 6.07) is 3.54. The van der Waals surface area contributed by atoms with E-state index in [1.165, 1.54) is 0 Å². The van der Waals surface area contributed by atoms with Gasteiger partial charge in [-0.05, 0) is 12.5 Å². The smallest absolute Gasteiger partial charge is 0.342 e.